The smallest absolute Gasteiger partial charge is 0.123 e. The largest absolute Gasteiger partial charge is 0.396 e. The zero-order valence-electron chi connectivity index (χ0n) is 10.2. The number of aliphatic hydroxyl groups is 1. The minimum Gasteiger partial charge on any atom is -0.396 e. The van der Waals surface area contributed by atoms with Gasteiger partial charge in [-0.25, -0.2) is 4.39 Å². The van der Waals surface area contributed by atoms with Gasteiger partial charge in [0.1, 0.15) is 5.82 Å². The fraction of sp³-hybridized carbons (Fsp3) is 0.571. The van der Waals surface area contributed by atoms with Gasteiger partial charge in [0.2, 0.25) is 0 Å². The summed E-state index contributed by atoms with van der Waals surface area (Å²) in [6.07, 6.45) is 3.40. The molecule has 1 saturated carbocycles. The van der Waals surface area contributed by atoms with Crippen LogP contribution >= 0.6 is 0 Å². The van der Waals surface area contributed by atoms with Gasteiger partial charge in [-0.15, -0.1) is 0 Å². The van der Waals surface area contributed by atoms with E-state index in [4.69, 9.17) is 0 Å². The van der Waals surface area contributed by atoms with Crippen molar-refractivity contribution in [1.29, 1.82) is 0 Å². The summed E-state index contributed by atoms with van der Waals surface area (Å²) in [5, 5.41) is 12.8. The summed E-state index contributed by atoms with van der Waals surface area (Å²) in [7, 11) is 0. The first-order valence-electron chi connectivity index (χ1n) is 6.33. The molecule has 0 spiro atoms. The maximum Gasteiger partial charge on any atom is 0.123 e. The Morgan fingerprint density at radius 1 is 1.35 bits per heavy atom. The molecule has 1 fully saturated rings. The molecule has 0 aliphatic heterocycles. The predicted molar refractivity (Wildman–Crippen MR) is 66.2 cm³/mol. The maximum absolute atomic E-state index is 12.8. The lowest BCUT2D eigenvalue weighted by Gasteiger charge is -2.24. The van der Waals surface area contributed by atoms with Crippen molar-refractivity contribution in [2.24, 2.45) is 5.92 Å². The number of benzene rings is 1. The zero-order valence-corrected chi connectivity index (χ0v) is 10.2. The Morgan fingerprint density at radius 2 is 2.06 bits per heavy atom. The number of nitrogens with one attached hydrogen (secondary N) is 1. The van der Waals surface area contributed by atoms with Gasteiger partial charge < -0.3 is 10.4 Å². The Bertz CT molecular complexity index is 352. The third-order valence-corrected chi connectivity index (χ3v) is 3.73. The molecule has 0 amide bonds. The first kappa shape index (κ1) is 12.5. The molecular weight excluding hydrogens is 217 g/mol. The fourth-order valence-corrected chi connectivity index (χ4v) is 2.64. The van der Waals surface area contributed by atoms with Gasteiger partial charge in [0.15, 0.2) is 0 Å². The van der Waals surface area contributed by atoms with E-state index in [9.17, 15) is 9.50 Å². The highest BCUT2D eigenvalue weighted by molar-refractivity contribution is 5.19. The summed E-state index contributed by atoms with van der Waals surface area (Å²) in [6, 6.07) is 7.20. The second-order valence-electron chi connectivity index (χ2n) is 4.92. The van der Waals surface area contributed by atoms with Gasteiger partial charge in [0.25, 0.3) is 0 Å². The molecule has 17 heavy (non-hydrogen) atoms. The van der Waals surface area contributed by atoms with Crippen molar-refractivity contribution in [2.45, 2.75) is 38.3 Å². The lowest BCUT2D eigenvalue weighted by Crippen LogP contribution is -2.35. The minimum absolute atomic E-state index is 0.199. The van der Waals surface area contributed by atoms with E-state index in [-0.39, 0.29) is 18.5 Å². The minimum atomic E-state index is -0.199. The molecule has 3 unspecified atom stereocenters. The van der Waals surface area contributed by atoms with E-state index in [2.05, 4.69) is 12.2 Å². The second kappa shape index (κ2) is 5.61. The molecule has 1 aromatic rings. The molecule has 1 aromatic carbocycles. The first-order chi connectivity index (χ1) is 8.20. The van der Waals surface area contributed by atoms with Crippen molar-refractivity contribution in [2.75, 3.05) is 6.61 Å². The quantitative estimate of drug-likeness (QED) is 0.843. The molecular formula is C14H20FNO. The van der Waals surface area contributed by atoms with Gasteiger partial charge in [-0.1, -0.05) is 18.6 Å². The average Bonchev–Trinajstić information content (AvgIpc) is 2.77. The van der Waals surface area contributed by atoms with Crippen LogP contribution in [0.3, 0.4) is 0 Å². The van der Waals surface area contributed by atoms with E-state index < -0.39 is 0 Å². The average molecular weight is 237 g/mol. The summed E-state index contributed by atoms with van der Waals surface area (Å²) in [4.78, 5) is 0. The standard InChI is InChI=1S/C14H20FNO/c1-10(11-5-7-13(15)8-6-11)16-14-4-2-3-12(14)9-17/h5-8,10,12,14,16-17H,2-4,9H2,1H3. The number of hydrogen-bond acceptors (Lipinski definition) is 2. The zero-order chi connectivity index (χ0) is 12.3. The third kappa shape index (κ3) is 3.05. The monoisotopic (exact) mass is 237 g/mol. The molecule has 2 nitrogen and oxygen atoms in total. The highest BCUT2D eigenvalue weighted by Crippen LogP contribution is 2.27. The van der Waals surface area contributed by atoms with Crippen molar-refractivity contribution < 1.29 is 9.50 Å². The Balaban J connectivity index is 1.96. The van der Waals surface area contributed by atoms with Crippen molar-refractivity contribution >= 4 is 0 Å². The molecule has 2 N–H and O–H groups in total. The fourth-order valence-electron chi connectivity index (χ4n) is 2.64. The van der Waals surface area contributed by atoms with Crippen LogP contribution in [-0.4, -0.2) is 17.8 Å². The number of aliphatic hydroxyl groups excluding tert-OH is 1. The molecule has 2 rings (SSSR count). The highest BCUT2D eigenvalue weighted by atomic mass is 19.1. The van der Waals surface area contributed by atoms with Crippen LogP contribution in [0.4, 0.5) is 4.39 Å². The summed E-state index contributed by atoms with van der Waals surface area (Å²) in [5.41, 5.74) is 1.09. The van der Waals surface area contributed by atoms with Gasteiger partial charge in [-0.3, -0.25) is 0 Å². The van der Waals surface area contributed by atoms with Crippen LogP contribution < -0.4 is 5.32 Å². The van der Waals surface area contributed by atoms with E-state index >= 15 is 0 Å². The molecule has 3 atom stereocenters. The Morgan fingerprint density at radius 3 is 2.71 bits per heavy atom. The molecule has 0 saturated heterocycles. The normalized spacial score (nSPS) is 26.1. The summed E-state index contributed by atoms with van der Waals surface area (Å²) in [6.45, 7) is 2.34. The number of rotatable bonds is 4. The summed E-state index contributed by atoms with van der Waals surface area (Å²) in [5.74, 6) is 0.174. The molecule has 3 heteroatoms. The lowest BCUT2D eigenvalue weighted by atomic mass is 10.0. The van der Waals surface area contributed by atoms with Gasteiger partial charge in [0.05, 0.1) is 0 Å². The molecule has 0 aromatic heterocycles. The second-order valence-corrected chi connectivity index (χ2v) is 4.92. The van der Waals surface area contributed by atoms with E-state index in [1.807, 2.05) is 12.1 Å². The van der Waals surface area contributed by atoms with Crippen molar-refractivity contribution in [3.63, 3.8) is 0 Å². The van der Waals surface area contributed by atoms with E-state index in [1.165, 1.54) is 18.6 Å². The Hall–Kier alpha value is -0.930. The van der Waals surface area contributed by atoms with Gasteiger partial charge in [-0.05, 0) is 43.4 Å². The van der Waals surface area contributed by atoms with Crippen molar-refractivity contribution in [1.82, 2.24) is 5.32 Å². The first-order valence-corrected chi connectivity index (χ1v) is 6.33. The van der Waals surface area contributed by atoms with Crippen molar-refractivity contribution in [3.05, 3.63) is 35.6 Å². The van der Waals surface area contributed by atoms with Gasteiger partial charge in [-0.2, -0.15) is 0 Å². The van der Waals surface area contributed by atoms with Crippen LogP contribution in [0.25, 0.3) is 0 Å². The lowest BCUT2D eigenvalue weighted by molar-refractivity contribution is 0.200. The van der Waals surface area contributed by atoms with Crippen LogP contribution in [0.5, 0.6) is 0 Å². The summed E-state index contributed by atoms with van der Waals surface area (Å²) < 4.78 is 12.8. The molecule has 1 aliphatic carbocycles. The predicted octanol–water partition coefficient (Wildman–Crippen LogP) is 2.64. The van der Waals surface area contributed by atoms with Crippen LogP contribution in [0.2, 0.25) is 0 Å². The molecule has 94 valence electrons. The van der Waals surface area contributed by atoms with Gasteiger partial charge in [0, 0.05) is 18.7 Å². The molecule has 0 bridgehead atoms. The molecule has 1 aliphatic rings. The number of hydrogen-bond donors (Lipinski definition) is 2. The van der Waals surface area contributed by atoms with E-state index in [0.29, 0.717) is 12.0 Å². The number of halogens is 1. The topological polar surface area (TPSA) is 32.3 Å². The van der Waals surface area contributed by atoms with Crippen molar-refractivity contribution in [3.8, 4) is 0 Å². The van der Waals surface area contributed by atoms with Gasteiger partial charge >= 0.3 is 0 Å². The Kier molecular flexibility index (Phi) is 4.13. The Labute approximate surface area is 102 Å². The highest BCUT2D eigenvalue weighted by Gasteiger charge is 2.27. The molecule has 0 radical (unpaired) electrons. The van der Waals surface area contributed by atoms with Crippen LogP contribution in [0.1, 0.15) is 37.8 Å². The summed E-state index contributed by atoms with van der Waals surface area (Å²) >= 11 is 0. The maximum atomic E-state index is 12.8. The SMILES string of the molecule is CC(NC1CCCC1CO)c1ccc(F)cc1. The van der Waals surface area contributed by atoms with Crippen LogP contribution in [0, 0.1) is 11.7 Å². The molecule has 0 heterocycles. The van der Waals surface area contributed by atoms with Crippen LogP contribution in [-0.2, 0) is 0 Å². The third-order valence-electron chi connectivity index (χ3n) is 3.73. The van der Waals surface area contributed by atoms with E-state index in [0.717, 1.165) is 18.4 Å². The van der Waals surface area contributed by atoms with E-state index in [1.54, 1.807) is 0 Å². The van der Waals surface area contributed by atoms with Crippen LogP contribution in [0.15, 0.2) is 24.3 Å².